The number of carbonyl (C=O) groups excluding carboxylic acids is 1. The molecular weight excluding hydrogens is 336 g/mol. The van der Waals surface area contributed by atoms with Crippen LogP contribution in [-0.2, 0) is 0 Å². The minimum absolute atomic E-state index is 0.0146. The molecule has 1 aromatic heterocycles. The molecule has 1 unspecified atom stereocenters. The van der Waals surface area contributed by atoms with Crippen LogP contribution in [0.2, 0.25) is 5.02 Å². The van der Waals surface area contributed by atoms with Crippen molar-refractivity contribution in [3.05, 3.63) is 46.7 Å². The molecule has 1 aliphatic rings. The number of aryl methyl sites for hydroxylation is 1. The van der Waals surface area contributed by atoms with E-state index in [-0.39, 0.29) is 5.91 Å². The van der Waals surface area contributed by atoms with Crippen molar-refractivity contribution in [2.75, 3.05) is 11.9 Å². The molecule has 1 aliphatic heterocycles. The zero-order chi connectivity index (χ0) is 17.8. The van der Waals surface area contributed by atoms with Gasteiger partial charge in [-0.3, -0.25) is 4.79 Å². The molecule has 1 atom stereocenters. The van der Waals surface area contributed by atoms with Gasteiger partial charge in [0.05, 0.1) is 10.7 Å². The van der Waals surface area contributed by atoms with E-state index in [1.807, 2.05) is 30.0 Å². The Hall–Kier alpha value is -2.14. The molecule has 1 N–H and O–H groups in total. The van der Waals surface area contributed by atoms with E-state index in [1.165, 1.54) is 6.42 Å². The van der Waals surface area contributed by atoms with Gasteiger partial charge in [0, 0.05) is 18.3 Å². The number of benzene rings is 1. The van der Waals surface area contributed by atoms with Crippen molar-refractivity contribution < 1.29 is 4.79 Å². The van der Waals surface area contributed by atoms with Gasteiger partial charge in [-0.1, -0.05) is 30.7 Å². The Morgan fingerprint density at radius 3 is 2.88 bits per heavy atom. The maximum Gasteiger partial charge on any atom is 0.272 e. The second-order valence-corrected chi connectivity index (χ2v) is 6.79. The van der Waals surface area contributed by atoms with Crippen molar-refractivity contribution >= 4 is 29.1 Å². The number of nitrogens with zero attached hydrogens (tertiary/aromatic N) is 3. The molecule has 25 heavy (non-hydrogen) atoms. The van der Waals surface area contributed by atoms with Gasteiger partial charge in [-0.05, 0) is 50.8 Å². The summed E-state index contributed by atoms with van der Waals surface area (Å²) in [6.07, 6.45) is 4.28. The van der Waals surface area contributed by atoms with Crippen molar-refractivity contribution in [1.29, 1.82) is 0 Å². The Bertz CT molecular complexity index is 765. The maximum absolute atomic E-state index is 13.0. The van der Waals surface area contributed by atoms with Gasteiger partial charge in [0.2, 0.25) is 5.95 Å². The number of nitrogens with one attached hydrogen (secondary N) is 1. The highest BCUT2D eigenvalue weighted by Crippen LogP contribution is 2.25. The second kappa shape index (κ2) is 7.83. The number of para-hydroxylation sites is 1. The van der Waals surface area contributed by atoms with Crippen molar-refractivity contribution in [2.24, 2.45) is 0 Å². The predicted octanol–water partition coefficient (Wildman–Crippen LogP) is 4.59. The van der Waals surface area contributed by atoms with Crippen LogP contribution in [0, 0.1) is 6.92 Å². The fourth-order valence-corrected chi connectivity index (χ4v) is 3.44. The molecule has 6 heteroatoms. The lowest BCUT2D eigenvalue weighted by molar-refractivity contribution is 0.0602. The summed E-state index contributed by atoms with van der Waals surface area (Å²) in [5, 5.41) is 3.70. The van der Waals surface area contributed by atoms with Gasteiger partial charge in [-0.25, -0.2) is 9.97 Å². The highest BCUT2D eigenvalue weighted by molar-refractivity contribution is 6.33. The minimum Gasteiger partial charge on any atom is -0.334 e. The highest BCUT2D eigenvalue weighted by atomic mass is 35.5. The molecule has 0 aliphatic carbocycles. The average Bonchev–Trinajstić information content (AvgIpc) is 2.62. The van der Waals surface area contributed by atoms with Crippen molar-refractivity contribution in [3.8, 4) is 0 Å². The number of aromatic nitrogens is 2. The molecular formula is C19H23ClN4O. The molecule has 1 saturated heterocycles. The number of hydrogen-bond acceptors (Lipinski definition) is 4. The Morgan fingerprint density at radius 2 is 2.12 bits per heavy atom. The minimum atomic E-state index is -0.0146. The monoisotopic (exact) mass is 358 g/mol. The summed E-state index contributed by atoms with van der Waals surface area (Å²) in [5.41, 5.74) is 1.90. The first-order valence-corrected chi connectivity index (χ1v) is 9.14. The fourth-order valence-electron chi connectivity index (χ4n) is 3.26. The third-order valence-corrected chi connectivity index (χ3v) is 4.88. The van der Waals surface area contributed by atoms with E-state index in [2.05, 4.69) is 22.2 Å². The molecule has 2 heterocycles. The van der Waals surface area contributed by atoms with Crippen LogP contribution in [0.1, 0.15) is 48.8 Å². The summed E-state index contributed by atoms with van der Waals surface area (Å²) < 4.78 is 0. The Morgan fingerprint density at radius 1 is 1.32 bits per heavy atom. The zero-order valence-corrected chi connectivity index (χ0v) is 15.4. The molecule has 132 valence electrons. The summed E-state index contributed by atoms with van der Waals surface area (Å²) in [6.45, 7) is 4.79. The summed E-state index contributed by atoms with van der Waals surface area (Å²) in [7, 11) is 0. The normalized spacial score (nSPS) is 17.4. The lowest BCUT2D eigenvalue weighted by Gasteiger charge is -2.35. The fraction of sp³-hybridized carbons (Fsp3) is 0.421. The molecule has 1 fully saturated rings. The topological polar surface area (TPSA) is 58.1 Å². The van der Waals surface area contributed by atoms with Crippen LogP contribution in [0.15, 0.2) is 30.3 Å². The quantitative estimate of drug-likeness (QED) is 0.868. The lowest BCUT2D eigenvalue weighted by Crippen LogP contribution is -2.43. The Balaban J connectivity index is 1.86. The van der Waals surface area contributed by atoms with Gasteiger partial charge >= 0.3 is 0 Å². The van der Waals surface area contributed by atoms with Crippen LogP contribution >= 0.6 is 11.6 Å². The lowest BCUT2D eigenvalue weighted by atomic mass is 9.99. The first-order valence-electron chi connectivity index (χ1n) is 8.76. The first kappa shape index (κ1) is 17.7. The maximum atomic E-state index is 13.0. The van der Waals surface area contributed by atoms with E-state index < -0.39 is 0 Å². The van der Waals surface area contributed by atoms with Gasteiger partial charge in [-0.15, -0.1) is 0 Å². The molecule has 0 radical (unpaired) electrons. The highest BCUT2D eigenvalue weighted by Gasteiger charge is 2.27. The largest absolute Gasteiger partial charge is 0.334 e. The van der Waals surface area contributed by atoms with Crippen LogP contribution in [0.25, 0.3) is 0 Å². The van der Waals surface area contributed by atoms with E-state index >= 15 is 0 Å². The smallest absolute Gasteiger partial charge is 0.272 e. The number of amides is 1. The summed E-state index contributed by atoms with van der Waals surface area (Å²) in [5.74, 6) is 0.376. The number of likely N-dealkylation sites (tertiary alicyclic amines) is 1. The molecule has 5 nitrogen and oxygen atoms in total. The van der Waals surface area contributed by atoms with Gasteiger partial charge < -0.3 is 10.2 Å². The van der Waals surface area contributed by atoms with Crippen molar-refractivity contribution in [3.63, 3.8) is 0 Å². The van der Waals surface area contributed by atoms with Gasteiger partial charge in [-0.2, -0.15) is 0 Å². The van der Waals surface area contributed by atoms with Crippen LogP contribution < -0.4 is 5.32 Å². The van der Waals surface area contributed by atoms with Crippen molar-refractivity contribution in [2.45, 2.75) is 45.6 Å². The van der Waals surface area contributed by atoms with E-state index in [0.29, 0.717) is 22.7 Å². The summed E-state index contributed by atoms with van der Waals surface area (Å²) in [4.78, 5) is 23.8. The number of carbonyl (C=O) groups is 1. The average molecular weight is 359 g/mol. The second-order valence-electron chi connectivity index (χ2n) is 6.38. The number of piperidine rings is 1. The number of rotatable bonds is 4. The summed E-state index contributed by atoms with van der Waals surface area (Å²) in [6, 6.07) is 9.45. The van der Waals surface area contributed by atoms with Gasteiger partial charge in [0.25, 0.3) is 5.91 Å². The first-order chi connectivity index (χ1) is 12.1. The van der Waals surface area contributed by atoms with Crippen LogP contribution in [0.5, 0.6) is 0 Å². The number of anilines is 2. The SMILES string of the molecule is CCC1CCCCN1C(=O)c1cc(C)nc(Nc2ccccc2Cl)n1. The van der Waals surface area contributed by atoms with E-state index in [4.69, 9.17) is 11.6 Å². The van der Waals surface area contributed by atoms with Crippen molar-refractivity contribution in [1.82, 2.24) is 14.9 Å². The molecule has 1 aromatic carbocycles. The third-order valence-electron chi connectivity index (χ3n) is 4.55. The molecule has 2 aromatic rings. The zero-order valence-electron chi connectivity index (χ0n) is 14.6. The standard InChI is InChI=1S/C19H23ClN4O/c1-3-14-8-6-7-11-24(14)18(25)17-12-13(2)21-19(23-17)22-16-10-5-4-9-15(16)20/h4-5,9-10,12,14H,3,6-8,11H2,1-2H3,(H,21,22,23). The number of hydrogen-bond donors (Lipinski definition) is 1. The van der Waals surface area contributed by atoms with Crippen LogP contribution in [-0.4, -0.2) is 33.4 Å². The van der Waals surface area contributed by atoms with Crippen LogP contribution in [0.4, 0.5) is 11.6 Å². The van der Waals surface area contributed by atoms with E-state index in [9.17, 15) is 4.79 Å². The molecule has 0 bridgehead atoms. The Kier molecular flexibility index (Phi) is 5.53. The van der Waals surface area contributed by atoms with Gasteiger partial charge in [0.15, 0.2) is 0 Å². The molecule has 1 amide bonds. The van der Waals surface area contributed by atoms with E-state index in [1.54, 1.807) is 12.1 Å². The predicted molar refractivity (Wildman–Crippen MR) is 100 cm³/mol. The van der Waals surface area contributed by atoms with Gasteiger partial charge in [0.1, 0.15) is 5.69 Å². The molecule has 0 saturated carbocycles. The Labute approximate surface area is 153 Å². The summed E-state index contributed by atoms with van der Waals surface area (Å²) >= 11 is 6.18. The third kappa shape index (κ3) is 4.10. The molecule has 3 rings (SSSR count). The van der Waals surface area contributed by atoms with Crippen LogP contribution in [0.3, 0.4) is 0 Å². The van der Waals surface area contributed by atoms with E-state index in [0.717, 1.165) is 37.2 Å². The number of halogens is 1. The molecule has 0 spiro atoms.